The van der Waals surface area contributed by atoms with Crippen LogP contribution in [-0.2, 0) is 33.6 Å². The molecule has 0 unspecified atom stereocenters. The molecule has 0 spiro atoms. The topological polar surface area (TPSA) is 331 Å². The molecule has 39 heavy (non-hydrogen) atoms. The fourth-order valence-electron chi connectivity index (χ4n) is 2.81. The molecule has 0 aliphatic rings. The number of carbonyl (C=O) groups is 7. The second kappa shape index (κ2) is 17.9. The van der Waals surface area contributed by atoms with E-state index in [4.69, 9.17) is 27.4 Å². The van der Waals surface area contributed by atoms with Crippen LogP contribution >= 0.6 is 0 Å². The van der Waals surface area contributed by atoms with E-state index in [1.54, 1.807) is 0 Å². The summed E-state index contributed by atoms with van der Waals surface area (Å²) in [5, 5.41) is 38.1. The second-order valence-electron chi connectivity index (χ2n) is 8.02. The summed E-state index contributed by atoms with van der Waals surface area (Å²) in [6.45, 7) is -0.580. The van der Waals surface area contributed by atoms with Gasteiger partial charge in [0, 0.05) is 6.54 Å². The van der Waals surface area contributed by atoms with Gasteiger partial charge in [0.15, 0.2) is 5.96 Å². The lowest BCUT2D eigenvalue weighted by molar-refractivity contribution is -0.147. The van der Waals surface area contributed by atoms with E-state index in [0.29, 0.717) is 0 Å². The number of nitrogens with zero attached hydrogens (tertiary/aromatic N) is 1. The van der Waals surface area contributed by atoms with Crippen molar-refractivity contribution in [3.8, 4) is 0 Å². The molecule has 19 heteroatoms. The van der Waals surface area contributed by atoms with E-state index >= 15 is 0 Å². The maximum Gasteiger partial charge on any atom is 0.326 e. The van der Waals surface area contributed by atoms with Gasteiger partial charge in [-0.15, -0.1) is 0 Å². The lowest BCUT2D eigenvalue weighted by Gasteiger charge is -2.22. The summed E-state index contributed by atoms with van der Waals surface area (Å²) in [5.41, 5.74) is 15.7. The Morgan fingerprint density at radius 3 is 1.95 bits per heavy atom. The summed E-state index contributed by atoms with van der Waals surface area (Å²) >= 11 is 0. The first-order valence-corrected chi connectivity index (χ1v) is 11.5. The van der Waals surface area contributed by atoms with Crippen LogP contribution in [0.25, 0.3) is 0 Å². The molecule has 0 radical (unpaired) electrons. The van der Waals surface area contributed by atoms with E-state index < -0.39 is 85.2 Å². The Balaban J connectivity index is 5.18. The molecule has 0 aromatic carbocycles. The molecule has 0 aliphatic carbocycles. The monoisotopic (exact) mass is 561 g/mol. The number of aliphatic carboxylic acids is 2. The zero-order chi connectivity index (χ0) is 30.1. The van der Waals surface area contributed by atoms with Crippen LogP contribution in [-0.4, -0.2) is 113 Å². The lowest BCUT2D eigenvalue weighted by Crippen LogP contribution is -2.56. The predicted molar refractivity (Wildman–Crippen MR) is 132 cm³/mol. The standard InChI is InChI=1S/C20H35N9O10/c1-9(26-13(31)6-21)16(35)28-10(3-2-4-24-20(22)23)17(36)25-7-14(32)27-12(8-30)18(37)29-11(19(38)39)5-15(33)34/h9-12,30H,2-8,21H2,1H3,(H,25,36)(H,26,31)(H,27,32)(H,28,35)(H,29,37)(H,33,34)(H,38,39)(H4,22,23,24)/t9-,10-,11-,12-/m0/s1. The van der Waals surface area contributed by atoms with Gasteiger partial charge in [-0.05, 0) is 19.8 Å². The van der Waals surface area contributed by atoms with Gasteiger partial charge in [0.25, 0.3) is 0 Å². The number of nitrogens with two attached hydrogens (primary N) is 3. The third kappa shape index (κ3) is 14.7. The highest BCUT2D eigenvalue weighted by Crippen LogP contribution is 2.00. The lowest BCUT2D eigenvalue weighted by atomic mass is 10.1. The van der Waals surface area contributed by atoms with Gasteiger partial charge >= 0.3 is 11.9 Å². The number of aliphatic imine (C=N–C) groups is 1. The highest BCUT2D eigenvalue weighted by molar-refractivity contribution is 5.95. The molecule has 14 N–H and O–H groups in total. The average molecular weight is 562 g/mol. The molecule has 0 rings (SSSR count). The summed E-state index contributed by atoms with van der Waals surface area (Å²) in [7, 11) is 0. The zero-order valence-electron chi connectivity index (χ0n) is 21.1. The minimum Gasteiger partial charge on any atom is -0.481 e. The minimum absolute atomic E-state index is 0.0232. The zero-order valence-corrected chi connectivity index (χ0v) is 21.1. The van der Waals surface area contributed by atoms with Crippen molar-refractivity contribution in [2.75, 3.05) is 26.2 Å². The normalized spacial score (nSPS) is 13.4. The third-order valence-corrected chi connectivity index (χ3v) is 4.79. The van der Waals surface area contributed by atoms with Crippen LogP contribution in [0, 0.1) is 0 Å². The molecular weight excluding hydrogens is 526 g/mol. The van der Waals surface area contributed by atoms with Crippen LogP contribution in [0.3, 0.4) is 0 Å². The first kappa shape index (κ1) is 34.5. The molecule has 0 saturated heterocycles. The molecule has 4 atom stereocenters. The SMILES string of the molecule is C[C@H](NC(=O)CN)C(=O)N[C@@H](CCCN=C(N)N)C(=O)NCC(=O)N[C@@H](CO)C(=O)N[C@@H](CC(=O)O)C(=O)O. The van der Waals surface area contributed by atoms with Crippen LogP contribution in [0.2, 0.25) is 0 Å². The van der Waals surface area contributed by atoms with Gasteiger partial charge in [-0.25, -0.2) is 4.79 Å². The number of nitrogens with one attached hydrogen (secondary N) is 5. The number of carboxylic acid groups (broad SMARTS) is 2. The number of amides is 5. The Bertz CT molecular complexity index is 939. The first-order chi connectivity index (χ1) is 18.2. The number of carboxylic acids is 2. The first-order valence-electron chi connectivity index (χ1n) is 11.5. The summed E-state index contributed by atoms with van der Waals surface area (Å²) < 4.78 is 0. The average Bonchev–Trinajstić information content (AvgIpc) is 2.86. The Morgan fingerprint density at radius 1 is 0.821 bits per heavy atom. The molecular formula is C20H35N9O10. The quantitative estimate of drug-likeness (QED) is 0.0422. The van der Waals surface area contributed by atoms with Crippen LogP contribution in [0.1, 0.15) is 26.2 Å². The number of carbonyl (C=O) groups excluding carboxylic acids is 5. The fraction of sp³-hybridized carbons (Fsp3) is 0.600. The Morgan fingerprint density at radius 2 is 1.44 bits per heavy atom. The molecule has 0 bridgehead atoms. The number of aliphatic hydroxyl groups is 1. The van der Waals surface area contributed by atoms with Crippen molar-refractivity contribution >= 4 is 47.4 Å². The Hall–Kier alpha value is -4.52. The van der Waals surface area contributed by atoms with Crippen molar-refractivity contribution < 1.29 is 48.9 Å². The van der Waals surface area contributed by atoms with Crippen LogP contribution in [0.5, 0.6) is 0 Å². The van der Waals surface area contributed by atoms with Crippen LogP contribution < -0.4 is 43.8 Å². The maximum absolute atomic E-state index is 12.7. The van der Waals surface area contributed by atoms with E-state index in [0.717, 1.165) is 0 Å². The molecule has 220 valence electrons. The van der Waals surface area contributed by atoms with Crippen molar-refractivity contribution in [3.63, 3.8) is 0 Å². The number of aliphatic hydroxyl groups excluding tert-OH is 1. The largest absolute Gasteiger partial charge is 0.481 e. The molecule has 5 amide bonds. The smallest absolute Gasteiger partial charge is 0.326 e. The number of rotatable bonds is 18. The summed E-state index contributed by atoms with van der Waals surface area (Å²) in [6.07, 6.45) is -0.691. The number of hydrogen-bond donors (Lipinski definition) is 11. The molecule has 0 aliphatic heterocycles. The van der Waals surface area contributed by atoms with Gasteiger partial charge < -0.3 is 59.1 Å². The third-order valence-electron chi connectivity index (χ3n) is 4.79. The molecule has 0 aromatic rings. The Labute approximate surface area is 222 Å². The Kier molecular flexibility index (Phi) is 15.8. The van der Waals surface area contributed by atoms with E-state index in [2.05, 4.69) is 26.3 Å². The molecule has 0 fully saturated rings. The van der Waals surface area contributed by atoms with Crippen LogP contribution in [0.4, 0.5) is 0 Å². The highest BCUT2D eigenvalue weighted by Gasteiger charge is 2.28. The van der Waals surface area contributed by atoms with E-state index in [1.165, 1.54) is 6.92 Å². The maximum atomic E-state index is 12.7. The van der Waals surface area contributed by atoms with Crippen molar-refractivity contribution in [1.29, 1.82) is 0 Å². The summed E-state index contributed by atoms with van der Waals surface area (Å²) in [6, 6.07) is -5.72. The van der Waals surface area contributed by atoms with E-state index in [-0.39, 0.29) is 31.9 Å². The van der Waals surface area contributed by atoms with Crippen molar-refractivity contribution in [2.45, 2.75) is 50.4 Å². The summed E-state index contributed by atoms with van der Waals surface area (Å²) in [5.74, 6) is -7.65. The molecule has 0 saturated carbocycles. The van der Waals surface area contributed by atoms with Gasteiger partial charge in [0.1, 0.15) is 24.2 Å². The fourth-order valence-corrected chi connectivity index (χ4v) is 2.81. The molecule has 19 nitrogen and oxygen atoms in total. The second-order valence-corrected chi connectivity index (χ2v) is 8.02. The van der Waals surface area contributed by atoms with Gasteiger partial charge in [-0.1, -0.05) is 0 Å². The molecule has 0 heterocycles. The van der Waals surface area contributed by atoms with E-state index in [9.17, 15) is 38.7 Å². The van der Waals surface area contributed by atoms with Gasteiger partial charge in [0.05, 0.1) is 26.1 Å². The highest BCUT2D eigenvalue weighted by atomic mass is 16.4. The summed E-state index contributed by atoms with van der Waals surface area (Å²) in [4.78, 5) is 86.6. The van der Waals surface area contributed by atoms with Crippen LogP contribution in [0.15, 0.2) is 4.99 Å². The van der Waals surface area contributed by atoms with Crippen molar-refractivity contribution in [1.82, 2.24) is 26.6 Å². The predicted octanol–water partition coefficient (Wildman–Crippen LogP) is -6.37. The molecule has 0 aromatic heterocycles. The van der Waals surface area contributed by atoms with Gasteiger partial charge in [0.2, 0.25) is 29.5 Å². The van der Waals surface area contributed by atoms with Crippen molar-refractivity contribution in [2.24, 2.45) is 22.2 Å². The number of hydrogen-bond acceptors (Lipinski definition) is 10. The minimum atomic E-state index is -1.82. The van der Waals surface area contributed by atoms with Gasteiger partial charge in [-0.3, -0.25) is 33.8 Å². The van der Waals surface area contributed by atoms with Gasteiger partial charge in [-0.2, -0.15) is 0 Å². The van der Waals surface area contributed by atoms with E-state index in [1.807, 2.05) is 5.32 Å². The number of guanidine groups is 1. The van der Waals surface area contributed by atoms with Crippen molar-refractivity contribution in [3.05, 3.63) is 0 Å².